The Balaban J connectivity index is 1.57. The molecule has 0 unspecified atom stereocenters. The summed E-state index contributed by atoms with van der Waals surface area (Å²) in [5.74, 6) is -1.67. The normalized spacial score (nSPS) is 13.7. The van der Waals surface area contributed by atoms with Crippen molar-refractivity contribution >= 4 is 5.97 Å². The van der Waals surface area contributed by atoms with E-state index >= 15 is 0 Å². The molecule has 2 aromatic heterocycles. The number of ether oxygens (including phenoxy) is 2. The first kappa shape index (κ1) is 23.6. The molecule has 0 aliphatic carbocycles. The summed E-state index contributed by atoms with van der Waals surface area (Å²) in [6.45, 7) is 1.34. The molecule has 0 N–H and O–H groups in total. The number of pyridine rings is 2. The number of carbonyl (C=O) groups is 1. The number of aromatic nitrogens is 2. The second-order valence-electron chi connectivity index (χ2n) is 7.96. The predicted octanol–water partition coefficient (Wildman–Crippen LogP) is 2.99. The largest absolute Gasteiger partial charge is 0.492 e. The Kier molecular flexibility index (Phi) is 7.32. The van der Waals surface area contributed by atoms with Gasteiger partial charge >= 0.3 is 5.97 Å². The number of carbonyl (C=O) groups excluding carboxylic acids is 1. The minimum Gasteiger partial charge on any atom is -0.492 e. The number of methoxy groups -OCH3 is 1. The molecule has 1 aromatic carbocycles. The highest BCUT2D eigenvalue weighted by Gasteiger charge is 2.26. The fourth-order valence-corrected chi connectivity index (χ4v) is 4.11. The Morgan fingerprint density at radius 2 is 1.88 bits per heavy atom. The quantitative estimate of drug-likeness (QED) is 0.496. The summed E-state index contributed by atoms with van der Waals surface area (Å²) in [6.07, 6.45) is 2.50. The van der Waals surface area contributed by atoms with Crippen molar-refractivity contribution in [3.63, 3.8) is 0 Å². The maximum Gasteiger partial charge on any atom is 0.343 e. The van der Waals surface area contributed by atoms with E-state index in [1.165, 1.54) is 35.9 Å². The number of hydrogen-bond acceptors (Lipinski definition) is 6. The van der Waals surface area contributed by atoms with Crippen LogP contribution in [0.5, 0.6) is 5.75 Å². The lowest BCUT2D eigenvalue weighted by atomic mass is 10.1. The molecule has 0 saturated carbocycles. The molecule has 9 heteroatoms. The number of hydrogen-bond donors (Lipinski definition) is 0. The van der Waals surface area contributed by atoms with Crippen molar-refractivity contribution in [3.8, 4) is 5.75 Å². The first-order chi connectivity index (χ1) is 16.5. The highest BCUT2D eigenvalue weighted by atomic mass is 19.1. The lowest BCUT2D eigenvalue weighted by Gasteiger charge is -2.20. The Morgan fingerprint density at radius 3 is 2.59 bits per heavy atom. The Labute approximate surface area is 195 Å². The first-order valence-electron chi connectivity index (χ1n) is 11.0. The van der Waals surface area contributed by atoms with Gasteiger partial charge in [-0.2, -0.15) is 0 Å². The smallest absolute Gasteiger partial charge is 0.343 e. The zero-order valence-corrected chi connectivity index (χ0v) is 18.8. The first-order valence-corrected chi connectivity index (χ1v) is 11.0. The summed E-state index contributed by atoms with van der Waals surface area (Å²) in [5.41, 5.74) is 1.18. The van der Waals surface area contributed by atoms with Crippen LogP contribution in [0, 0.1) is 11.6 Å². The van der Waals surface area contributed by atoms with Crippen molar-refractivity contribution in [2.24, 2.45) is 0 Å². The van der Waals surface area contributed by atoms with Crippen LogP contribution in [0.2, 0.25) is 0 Å². The van der Waals surface area contributed by atoms with Gasteiger partial charge in [0, 0.05) is 68.2 Å². The van der Waals surface area contributed by atoms with Crippen LogP contribution in [0.4, 0.5) is 8.78 Å². The summed E-state index contributed by atoms with van der Waals surface area (Å²) in [6, 6.07) is 10.6. The lowest BCUT2D eigenvalue weighted by Crippen LogP contribution is -2.29. The number of rotatable bonds is 7. The molecule has 0 atom stereocenters. The summed E-state index contributed by atoms with van der Waals surface area (Å²) in [7, 11) is 1.27. The van der Waals surface area contributed by atoms with E-state index in [0.29, 0.717) is 31.6 Å². The number of nitrogens with zero attached hydrogens (tertiary/aromatic N) is 3. The number of benzene rings is 1. The van der Waals surface area contributed by atoms with E-state index in [2.05, 4.69) is 4.98 Å². The number of esters is 1. The van der Waals surface area contributed by atoms with Gasteiger partial charge in [0.1, 0.15) is 22.9 Å². The summed E-state index contributed by atoms with van der Waals surface area (Å²) < 4.78 is 40.6. The highest BCUT2D eigenvalue weighted by Crippen LogP contribution is 2.25. The minimum absolute atomic E-state index is 0.0208. The third-order valence-electron chi connectivity index (χ3n) is 5.86. The number of halogens is 2. The standard InChI is InChI=1S/C25H25F2N3O4/c1-33-25(32)24-21-8-11-29(16-18-19(26)6-4-7-20(18)27)12-13-30(21)23(31)15-22(24)34-14-9-17-5-2-3-10-28-17/h2-7,10,15H,8-9,11-14,16H2,1H3. The Morgan fingerprint density at radius 1 is 1.09 bits per heavy atom. The lowest BCUT2D eigenvalue weighted by molar-refractivity contribution is 0.0593. The van der Waals surface area contributed by atoms with Crippen LogP contribution in [0.15, 0.2) is 53.5 Å². The number of fused-ring (bicyclic) bond motifs is 1. The molecule has 7 nitrogen and oxygen atoms in total. The third kappa shape index (κ3) is 5.14. The molecule has 34 heavy (non-hydrogen) atoms. The molecule has 3 aromatic rings. The Hall–Kier alpha value is -3.59. The van der Waals surface area contributed by atoms with Gasteiger partial charge in [0.05, 0.1) is 13.7 Å². The van der Waals surface area contributed by atoms with Gasteiger partial charge in [0.2, 0.25) is 0 Å². The summed E-state index contributed by atoms with van der Waals surface area (Å²) in [5, 5.41) is 0. The average Bonchev–Trinajstić information content (AvgIpc) is 3.05. The molecule has 4 rings (SSSR count). The minimum atomic E-state index is -0.613. The van der Waals surface area contributed by atoms with Crippen molar-refractivity contribution in [1.29, 1.82) is 0 Å². The monoisotopic (exact) mass is 469 g/mol. The molecular weight excluding hydrogens is 444 g/mol. The zero-order valence-electron chi connectivity index (χ0n) is 18.8. The maximum absolute atomic E-state index is 14.1. The van der Waals surface area contributed by atoms with Crippen LogP contribution in [-0.4, -0.2) is 47.2 Å². The topological polar surface area (TPSA) is 73.7 Å². The fourth-order valence-electron chi connectivity index (χ4n) is 4.11. The van der Waals surface area contributed by atoms with Crippen LogP contribution in [0.3, 0.4) is 0 Å². The van der Waals surface area contributed by atoms with Crippen molar-refractivity contribution in [2.75, 3.05) is 26.8 Å². The van der Waals surface area contributed by atoms with Crippen molar-refractivity contribution in [3.05, 3.63) is 93.2 Å². The zero-order chi connectivity index (χ0) is 24.1. The molecule has 0 amide bonds. The van der Waals surface area contributed by atoms with E-state index in [0.717, 1.165) is 5.69 Å². The van der Waals surface area contributed by atoms with Crippen LogP contribution < -0.4 is 10.3 Å². The van der Waals surface area contributed by atoms with Crippen molar-refractivity contribution in [1.82, 2.24) is 14.5 Å². The van der Waals surface area contributed by atoms with Gasteiger partial charge in [-0.15, -0.1) is 0 Å². The van der Waals surface area contributed by atoms with Crippen molar-refractivity contribution in [2.45, 2.75) is 25.9 Å². The molecule has 0 bridgehead atoms. The SMILES string of the molecule is COC(=O)c1c(OCCc2ccccn2)cc(=O)n2c1CCN(Cc1c(F)cccc1F)CC2. The fraction of sp³-hybridized carbons (Fsp3) is 0.320. The van der Waals surface area contributed by atoms with Crippen molar-refractivity contribution < 1.29 is 23.0 Å². The van der Waals surface area contributed by atoms with Gasteiger partial charge in [-0.25, -0.2) is 13.6 Å². The second kappa shape index (κ2) is 10.6. The van der Waals surface area contributed by atoms with Crippen LogP contribution in [0.1, 0.15) is 27.3 Å². The maximum atomic E-state index is 14.1. The van der Waals surface area contributed by atoms with Gasteiger partial charge < -0.3 is 14.0 Å². The van der Waals surface area contributed by atoms with Crippen LogP contribution in [-0.2, 0) is 30.7 Å². The van der Waals surface area contributed by atoms with Gasteiger partial charge in [0.25, 0.3) is 5.56 Å². The van der Waals surface area contributed by atoms with E-state index < -0.39 is 17.6 Å². The molecule has 0 saturated heterocycles. The van der Waals surface area contributed by atoms with Gasteiger partial charge in [-0.3, -0.25) is 14.7 Å². The van der Waals surface area contributed by atoms with Gasteiger partial charge in [-0.1, -0.05) is 12.1 Å². The second-order valence-corrected chi connectivity index (χ2v) is 7.96. The van der Waals surface area contributed by atoms with E-state index in [1.54, 1.807) is 6.20 Å². The molecule has 1 aliphatic heterocycles. The molecule has 0 fully saturated rings. The average molecular weight is 469 g/mol. The van der Waals surface area contributed by atoms with E-state index in [9.17, 15) is 18.4 Å². The predicted molar refractivity (Wildman–Crippen MR) is 121 cm³/mol. The Bertz CT molecular complexity index is 1210. The summed E-state index contributed by atoms with van der Waals surface area (Å²) >= 11 is 0. The van der Waals surface area contributed by atoms with Gasteiger partial charge in [-0.05, 0) is 24.3 Å². The molecular formula is C25H25F2N3O4. The molecule has 0 spiro atoms. The van der Waals surface area contributed by atoms with E-state index in [1.807, 2.05) is 23.1 Å². The highest BCUT2D eigenvalue weighted by molar-refractivity contribution is 5.93. The molecule has 1 aliphatic rings. The van der Waals surface area contributed by atoms with E-state index in [-0.39, 0.29) is 42.1 Å². The van der Waals surface area contributed by atoms with Gasteiger partial charge in [0.15, 0.2) is 0 Å². The molecule has 178 valence electrons. The van der Waals surface area contributed by atoms with Crippen LogP contribution >= 0.6 is 0 Å². The van der Waals surface area contributed by atoms with E-state index in [4.69, 9.17) is 9.47 Å². The summed E-state index contributed by atoms with van der Waals surface area (Å²) in [4.78, 5) is 31.7. The van der Waals surface area contributed by atoms with Crippen LogP contribution in [0.25, 0.3) is 0 Å². The third-order valence-corrected chi connectivity index (χ3v) is 5.86. The molecule has 3 heterocycles. The molecule has 0 radical (unpaired) electrons.